The first-order chi connectivity index (χ1) is 12.5. The van der Waals surface area contributed by atoms with Crippen LogP contribution in [0.3, 0.4) is 0 Å². The van der Waals surface area contributed by atoms with Gasteiger partial charge >= 0.3 is 0 Å². The fourth-order valence-electron chi connectivity index (χ4n) is 2.28. The molecule has 0 unspecified atom stereocenters. The van der Waals surface area contributed by atoms with E-state index >= 15 is 0 Å². The van der Waals surface area contributed by atoms with Gasteiger partial charge in [0.05, 0.1) is 15.4 Å². The minimum absolute atomic E-state index is 0.00494. The summed E-state index contributed by atoms with van der Waals surface area (Å²) < 4.78 is 13.5. The molecule has 8 heteroatoms. The molecule has 0 radical (unpaired) electrons. The lowest BCUT2D eigenvalue weighted by Crippen LogP contribution is -2.34. The van der Waals surface area contributed by atoms with E-state index in [0.717, 1.165) is 12.8 Å². The lowest BCUT2D eigenvalue weighted by atomic mass is 10.2. The largest absolute Gasteiger partial charge is 0.350 e. The van der Waals surface area contributed by atoms with Crippen molar-refractivity contribution in [1.82, 2.24) is 10.6 Å². The SMILES string of the molecule is O=C(NCCNC(=O)c1ccccc1F)c1ccc(NC(=O)C2CC2)s1. The van der Waals surface area contributed by atoms with Crippen LogP contribution in [0.2, 0.25) is 0 Å². The summed E-state index contributed by atoms with van der Waals surface area (Å²) in [6.07, 6.45) is 1.84. The number of carbonyl (C=O) groups is 3. The minimum Gasteiger partial charge on any atom is -0.350 e. The molecule has 26 heavy (non-hydrogen) atoms. The maximum absolute atomic E-state index is 13.5. The van der Waals surface area contributed by atoms with Gasteiger partial charge in [0.25, 0.3) is 11.8 Å². The Kier molecular flexibility index (Phi) is 5.62. The number of halogens is 1. The standard InChI is InChI=1S/C18H18FN3O3S/c19-13-4-2-1-3-12(13)17(24)20-9-10-21-18(25)14-7-8-15(26-14)22-16(23)11-5-6-11/h1-4,7-8,11H,5-6,9-10H2,(H,20,24)(H,21,25)(H,22,23). The van der Waals surface area contributed by atoms with Crippen molar-refractivity contribution in [3.8, 4) is 0 Å². The molecular weight excluding hydrogens is 357 g/mol. The monoisotopic (exact) mass is 375 g/mol. The maximum atomic E-state index is 13.5. The highest BCUT2D eigenvalue weighted by Crippen LogP contribution is 2.31. The third kappa shape index (κ3) is 4.66. The van der Waals surface area contributed by atoms with Crippen molar-refractivity contribution < 1.29 is 18.8 Å². The van der Waals surface area contributed by atoms with Gasteiger partial charge in [0, 0.05) is 19.0 Å². The molecule has 1 aliphatic carbocycles. The van der Waals surface area contributed by atoms with Gasteiger partial charge in [-0.15, -0.1) is 11.3 Å². The molecule has 0 bridgehead atoms. The molecule has 6 nitrogen and oxygen atoms in total. The average molecular weight is 375 g/mol. The summed E-state index contributed by atoms with van der Waals surface area (Å²) in [6.45, 7) is 0.385. The topological polar surface area (TPSA) is 87.3 Å². The number of carbonyl (C=O) groups excluding carboxylic acids is 3. The molecule has 1 heterocycles. The summed E-state index contributed by atoms with van der Waals surface area (Å²) in [5.41, 5.74) is -0.0341. The summed E-state index contributed by atoms with van der Waals surface area (Å²) >= 11 is 1.20. The number of hydrogen-bond donors (Lipinski definition) is 3. The fourth-order valence-corrected chi connectivity index (χ4v) is 3.10. The average Bonchev–Trinajstić information content (AvgIpc) is 3.38. The molecule has 1 saturated carbocycles. The van der Waals surface area contributed by atoms with Crippen LogP contribution in [0.4, 0.5) is 9.39 Å². The van der Waals surface area contributed by atoms with Gasteiger partial charge in [0.1, 0.15) is 5.82 Å². The molecule has 1 fully saturated rings. The molecule has 0 atom stereocenters. The van der Waals surface area contributed by atoms with Gasteiger partial charge in [-0.25, -0.2) is 4.39 Å². The van der Waals surface area contributed by atoms with Crippen LogP contribution in [0, 0.1) is 11.7 Å². The van der Waals surface area contributed by atoms with E-state index in [0.29, 0.717) is 9.88 Å². The predicted molar refractivity (Wildman–Crippen MR) is 96.7 cm³/mol. The van der Waals surface area contributed by atoms with E-state index in [1.807, 2.05) is 0 Å². The number of benzene rings is 1. The highest BCUT2D eigenvalue weighted by molar-refractivity contribution is 7.18. The van der Waals surface area contributed by atoms with E-state index in [4.69, 9.17) is 0 Å². The molecule has 2 aromatic rings. The lowest BCUT2D eigenvalue weighted by Gasteiger charge is -2.07. The van der Waals surface area contributed by atoms with Gasteiger partial charge in [-0.1, -0.05) is 12.1 Å². The van der Waals surface area contributed by atoms with E-state index < -0.39 is 11.7 Å². The number of rotatable bonds is 7. The van der Waals surface area contributed by atoms with E-state index in [1.54, 1.807) is 18.2 Å². The molecule has 0 spiro atoms. The third-order valence-electron chi connectivity index (χ3n) is 3.84. The first kappa shape index (κ1) is 18.1. The molecule has 3 amide bonds. The normalized spacial score (nSPS) is 13.1. The smallest absolute Gasteiger partial charge is 0.261 e. The Hall–Kier alpha value is -2.74. The first-order valence-electron chi connectivity index (χ1n) is 8.26. The summed E-state index contributed by atoms with van der Waals surface area (Å²) in [7, 11) is 0. The Morgan fingerprint density at radius 3 is 2.38 bits per heavy atom. The van der Waals surface area contributed by atoms with Gasteiger partial charge in [-0.2, -0.15) is 0 Å². The van der Waals surface area contributed by atoms with Crippen molar-refractivity contribution in [1.29, 1.82) is 0 Å². The van der Waals surface area contributed by atoms with Gasteiger partial charge in [-0.05, 0) is 37.1 Å². The van der Waals surface area contributed by atoms with E-state index in [9.17, 15) is 18.8 Å². The van der Waals surface area contributed by atoms with Crippen LogP contribution in [-0.4, -0.2) is 30.8 Å². The minimum atomic E-state index is -0.589. The van der Waals surface area contributed by atoms with Crippen LogP contribution in [-0.2, 0) is 4.79 Å². The van der Waals surface area contributed by atoms with Crippen LogP contribution >= 0.6 is 11.3 Å². The zero-order chi connectivity index (χ0) is 18.5. The number of thiophene rings is 1. The van der Waals surface area contributed by atoms with Crippen molar-refractivity contribution in [3.63, 3.8) is 0 Å². The van der Waals surface area contributed by atoms with Crippen molar-refractivity contribution in [2.45, 2.75) is 12.8 Å². The van der Waals surface area contributed by atoms with Gasteiger partial charge < -0.3 is 16.0 Å². The van der Waals surface area contributed by atoms with Crippen molar-refractivity contribution in [2.24, 2.45) is 5.92 Å². The number of hydrogen-bond acceptors (Lipinski definition) is 4. The fraction of sp³-hybridized carbons (Fsp3) is 0.278. The molecule has 0 aliphatic heterocycles. The van der Waals surface area contributed by atoms with E-state index in [1.165, 1.54) is 29.5 Å². The molecule has 1 aliphatic rings. The van der Waals surface area contributed by atoms with Gasteiger partial charge in [-0.3, -0.25) is 14.4 Å². The van der Waals surface area contributed by atoms with Crippen LogP contribution < -0.4 is 16.0 Å². The van der Waals surface area contributed by atoms with Crippen LogP contribution in [0.15, 0.2) is 36.4 Å². The Balaban J connectivity index is 1.41. The Bertz CT molecular complexity index is 833. The molecule has 136 valence electrons. The number of nitrogens with one attached hydrogen (secondary N) is 3. The predicted octanol–water partition coefficient (Wildman–Crippen LogP) is 2.40. The highest BCUT2D eigenvalue weighted by atomic mass is 32.1. The second kappa shape index (κ2) is 8.09. The summed E-state index contributed by atoms with van der Waals surface area (Å²) in [6, 6.07) is 9.03. The van der Waals surface area contributed by atoms with Crippen LogP contribution in [0.5, 0.6) is 0 Å². The van der Waals surface area contributed by atoms with Crippen molar-refractivity contribution in [3.05, 3.63) is 52.7 Å². The molecule has 0 saturated heterocycles. The zero-order valence-electron chi connectivity index (χ0n) is 13.9. The van der Waals surface area contributed by atoms with Crippen LogP contribution in [0.1, 0.15) is 32.9 Å². The lowest BCUT2D eigenvalue weighted by molar-refractivity contribution is -0.117. The quantitative estimate of drug-likeness (QED) is 0.650. The summed E-state index contributed by atoms with van der Waals surface area (Å²) in [4.78, 5) is 36.1. The van der Waals surface area contributed by atoms with Crippen molar-refractivity contribution >= 4 is 34.1 Å². The molecule has 1 aromatic carbocycles. The third-order valence-corrected chi connectivity index (χ3v) is 4.84. The zero-order valence-corrected chi connectivity index (χ0v) is 14.7. The molecule has 3 N–H and O–H groups in total. The molecule has 1 aromatic heterocycles. The molecular formula is C18H18FN3O3S. The summed E-state index contributed by atoms with van der Waals surface area (Å²) in [5.74, 6) is -1.31. The van der Waals surface area contributed by atoms with Gasteiger partial charge in [0.2, 0.25) is 5.91 Å². The van der Waals surface area contributed by atoms with E-state index in [2.05, 4.69) is 16.0 Å². The maximum Gasteiger partial charge on any atom is 0.261 e. The Labute approximate surface area is 153 Å². The first-order valence-corrected chi connectivity index (χ1v) is 9.08. The molecule has 3 rings (SSSR count). The highest BCUT2D eigenvalue weighted by Gasteiger charge is 2.29. The van der Waals surface area contributed by atoms with Crippen molar-refractivity contribution in [2.75, 3.05) is 18.4 Å². The van der Waals surface area contributed by atoms with Gasteiger partial charge in [0.15, 0.2) is 0 Å². The van der Waals surface area contributed by atoms with Crippen LogP contribution in [0.25, 0.3) is 0 Å². The Morgan fingerprint density at radius 1 is 1.00 bits per heavy atom. The number of amides is 3. The summed E-state index contributed by atoms with van der Waals surface area (Å²) in [5, 5.41) is 8.65. The van der Waals surface area contributed by atoms with E-state index in [-0.39, 0.29) is 36.4 Å². The number of anilines is 1. The second-order valence-electron chi connectivity index (χ2n) is 5.92. The second-order valence-corrected chi connectivity index (χ2v) is 7.00. The Morgan fingerprint density at radius 2 is 1.69 bits per heavy atom.